The average molecular weight is 342 g/mol. The third-order valence-corrected chi connectivity index (χ3v) is 3.60. The normalized spacial score (nSPS) is 10.0. The van der Waals surface area contributed by atoms with Gasteiger partial charge < -0.3 is 20.1 Å². The van der Waals surface area contributed by atoms with E-state index in [1.54, 1.807) is 18.2 Å². The summed E-state index contributed by atoms with van der Waals surface area (Å²) in [5.41, 5.74) is 2.68. The van der Waals surface area contributed by atoms with Gasteiger partial charge in [-0.2, -0.15) is 0 Å². The SMILES string of the molecule is COc1ccc(NC(=O)CC(=O)NCc2ccc(C)cc2)cc1OC. The lowest BCUT2D eigenvalue weighted by atomic mass is 10.1. The largest absolute Gasteiger partial charge is 0.493 e. The van der Waals surface area contributed by atoms with Crippen molar-refractivity contribution in [3.63, 3.8) is 0 Å². The molecule has 0 radical (unpaired) electrons. The highest BCUT2D eigenvalue weighted by Crippen LogP contribution is 2.29. The molecule has 0 saturated carbocycles. The number of anilines is 1. The zero-order chi connectivity index (χ0) is 18.2. The van der Waals surface area contributed by atoms with Crippen molar-refractivity contribution in [2.24, 2.45) is 0 Å². The van der Waals surface area contributed by atoms with E-state index in [2.05, 4.69) is 10.6 Å². The molecule has 2 amide bonds. The van der Waals surface area contributed by atoms with Gasteiger partial charge in [0.15, 0.2) is 11.5 Å². The van der Waals surface area contributed by atoms with Gasteiger partial charge in [-0.1, -0.05) is 29.8 Å². The van der Waals surface area contributed by atoms with E-state index in [4.69, 9.17) is 9.47 Å². The van der Waals surface area contributed by atoms with E-state index >= 15 is 0 Å². The molecule has 0 unspecified atom stereocenters. The minimum atomic E-state index is -0.395. The van der Waals surface area contributed by atoms with Gasteiger partial charge in [-0.3, -0.25) is 9.59 Å². The molecule has 0 spiro atoms. The van der Waals surface area contributed by atoms with Gasteiger partial charge in [0.1, 0.15) is 6.42 Å². The van der Waals surface area contributed by atoms with Gasteiger partial charge in [-0.05, 0) is 24.6 Å². The number of carbonyl (C=O) groups excluding carboxylic acids is 2. The summed E-state index contributed by atoms with van der Waals surface area (Å²) in [6.45, 7) is 2.39. The number of amides is 2. The Balaban J connectivity index is 1.85. The van der Waals surface area contributed by atoms with Crippen molar-refractivity contribution in [3.05, 3.63) is 53.6 Å². The summed E-state index contributed by atoms with van der Waals surface area (Å²) in [5, 5.41) is 5.40. The predicted octanol–water partition coefficient (Wildman–Crippen LogP) is 2.66. The molecule has 2 aromatic rings. The standard InChI is InChI=1S/C19H22N2O4/c1-13-4-6-14(7-5-13)12-20-18(22)11-19(23)21-15-8-9-16(24-2)17(10-15)25-3/h4-10H,11-12H2,1-3H3,(H,20,22)(H,21,23). The lowest BCUT2D eigenvalue weighted by Crippen LogP contribution is -2.27. The van der Waals surface area contributed by atoms with Gasteiger partial charge in [0.2, 0.25) is 11.8 Å². The molecule has 0 atom stereocenters. The van der Waals surface area contributed by atoms with E-state index in [1.165, 1.54) is 14.2 Å². The molecule has 25 heavy (non-hydrogen) atoms. The molecular weight excluding hydrogens is 320 g/mol. The van der Waals surface area contributed by atoms with Crippen molar-refractivity contribution < 1.29 is 19.1 Å². The van der Waals surface area contributed by atoms with E-state index in [1.807, 2.05) is 31.2 Å². The van der Waals surface area contributed by atoms with Gasteiger partial charge in [0, 0.05) is 18.3 Å². The zero-order valence-corrected chi connectivity index (χ0v) is 14.6. The van der Waals surface area contributed by atoms with Crippen LogP contribution in [0.3, 0.4) is 0 Å². The Morgan fingerprint density at radius 1 is 0.920 bits per heavy atom. The summed E-state index contributed by atoms with van der Waals surface area (Å²) in [6, 6.07) is 12.9. The maximum absolute atomic E-state index is 12.0. The van der Waals surface area contributed by atoms with E-state index in [9.17, 15) is 9.59 Å². The highest BCUT2D eigenvalue weighted by atomic mass is 16.5. The van der Waals surface area contributed by atoms with Crippen molar-refractivity contribution in [2.75, 3.05) is 19.5 Å². The van der Waals surface area contributed by atoms with E-state index < -0.39 is 5.91 Å². The quantitative estimate of drug-likeness (QED) is 0.759. The van der Waals surface area contributed by atoms with Crippen LogP contribution in [-0.2, 0) is 16.1 Å². The summed E-state index contributed by atoms with van der Waals surface area (Å²) in [6.07, 6.45) is -0.250. The second kappa shape index (κ2) is 8.73. The van der Waals surface area contributed by atoms with Gasteiger partial charge in [0.05, 0.1) is 14.2 Å². The molecule has 6 heteroatoms. The second-order valence-corrected chi connectivity index (χ2v) is 5.56. The number of hydrogen-bond donors (Lipinski definition) is 2. The van der Waals surface area contributed by atoms with Crippen LogP contribution in [0.2, 0.25) is 0 Å². The van der Waals surface area contributed by atoms with Crippen molar-refractivity contribution in [3.8, 4) is 11.5 Å². The summed E-state index contributed by atoms with van der Waals surface area (Å²) in [4.78, 5) is 23.9. The second-order valence-electron chi connectivity index (χ2n) is 5.56. The lowest BCUT2D eigenvalue weighted by Gasteiger charge is -2.11. The first-order valence-corrected chi connectivity index (χ1v) is 7.86. The summed E-state index contributed by atoms with van der Waals surface area (Å²) in [5.74, 6) is 0.340. The van der Waals surface area contributed by atoms with Gasteiger partial charge in [-0.25, -0.2) is 0 Å². The molecule has 0 bridgehead atoms. The maximum Gasteiger partial charge on any atom is 0.233 e. The van der Waals surface area contributed by atoms with Gasteiger partial charge in [0.25, 0.3) is 0 Å². The first-order chi connectivity index (χ1) is 12.0. The van der Waals surface area contributed by atoms with Crippen molar-refractivity contribution in [2.45, 2.75) is 19.9 Å². The molecule has 2 rings (SSSR count). The molecule has 2 aromatic carbocycles. The Morgan fingerprint density at radius 3 is 2.24 bits per heavy atom. The molecule has 0 fully saturated rings. The minimum Gasteiger partial charge on any atom is -0.493 e. The third kappa shape index (κ3) is 5.53. The molecule has 132 valence electrons. The fourth-order valence-electron chi connectivity index (χ4n) is 2.23. The molecule has 0 aliphatic heterocycles. The monoisotopic (exact) mass is 342 g/mol. The maximum atomic E-state index is 12.0. The van der Waals surface area contributed by atoms with Crippen LogP contribution in [0.1, 0.15) is 17.5 Å². The number of nitrogens with one attached hydrogen (secondary N) is 2. The van der Waals surface area contributed by atoms with Crippen molar-refractivity contribution >= 4 is 17.5 Å². The number of carbonyl (C=O) groups is 2. The highest BCUT2D eigenvalue weighted by Gasteiger charge is 2.11. The van der Waals surface area contributed by atoms with Crippen molar-refractivity contribution in [1.29, 1.82) is 0 Å². The van der Waals surface area contributed by atoms with E-state index in [0.717, 1.165) is 11.1 Å². The molecular formula is C19H22N2O4. The first-order valence-electron chi connectivity index (χ1n) is 7.86. The average Bonchev–Trinajstić information content (AvgIpc) is 2.61. The van der Waals surface area contributed by atoms with Crippen LogP contribution in [-0.4, -0.2) is 26.0 Å². The first kappa shape index (κ1) is 18.3. The summed E-state index contributed by atoms with van der Waals surface area (Å²) >= 11 is 0. The van der Waals surface area contributed by atoms with Gasteiger partial charge >= 0.3 is 0 Å². The molecule has 2 N–H and O–H groups in total. The number of methoxy groups -OCH3 is 2. The molecule has 6 nitrogen and oxygen atoms in total. The topological polar surface area (TPSA) is 76.7 Å². The summed E-state index contributed by atoms with van der Waals surface area (Å²) in [7, 11) is 3.05. The molecule has 0 aromatic heterocycles. The third-order valence-electron chi connectivity index (χ3n) is 3.60. The smallest absolute Gasteiger partial charge is 0.233 e. The fraction of sp³-hybridized carbons (Fsp3) is 0.263. The minimum absolute atomic E-state index is 0.250. The molecule has 0 aliphatic carbocycles. The Kier molecular flexibility index (Phi) is 6.39. The van der Waals surface area contributed by atoms with Crippen LogP contribution < -0.4 is 20.1 Å². The number of benzene rings is 2. The van der Waals surface area contributed by atoms with Crippen LogP contribution in [0.15, 0.2) is 42.5 Å². The number of hydrogen-bond acceptors (Lipinski definition) is 4. The number of aryl methyl sites for hydroxylation is 1. The van der Waals surface area contributed by atoms with E-state index in [-0.39, 0.29) is 12.3 Å². The number of rotatable bonds is 7. The Morgan fingerprint density at radius 2 is 1.60 bits per heavy atom. The Labute approximate surface area is 147 Å². The predicted molar refractivity (Wildman–Crippen MR) is 95.8 cm³/mol. The van der Waals surface area contributed by atoms with Gasteiger partial charge in [-0.15, -0.1) is 0 Å². The number of ether oxygens (including phenoxy) is 2. The van der Waals surface area contributed by atoms with Crippen molar-refractivity contribution in [1.82, 2.24) is 5.32 Å². The lowest BCUT2D eigenvalue weighted by molar-refractivity contribution is -0.126. The van der Waals surface area contributed by atoms with Crippen LogP contribution in [0.4, 0.5) is 5.69 Å². The fourth-order valence-corrected chi connectivity index (χ4v) is 2.23. The van der Waals surface area contributed by atoms with Crippen LogP contribution in [0.25, 0.3) is 0 Å². The van der Waals surface area contributed by atoms with Crippen LogP contribution in [0, 0.1) is 6.92 Å². The van der Waals surface area contributed by atoms with Crippen LogP contribution in [0.5, 0.6) is 11.5 Å². The summed E-state index contributed by atoms with van der Waals surface area (Å²) < 4.78 is 10.3. The zero-order valence-electron chi connectivity index (χ0n) is 14.6. The Bertz CT molecular complexity index is 742. The molecule has 0 aliphatic rings. The highest BCUT2D eigenvalue weighted by molar-refractivity contribution is 6.03. The molecule has 0 saturated heterocycles. The Hall–Kier alpha value is -3.02. The van der Waals surface area contributed by atoms with Crippen LogP contribution >= 0.6 is 0 Å². The van der Waals surface area contributed by atoms with E-state index in [0.29, 0.717) is 23.7 Å². The molecule has 0 heterocycles.